The SMILES string of the molecule is CC/C=C\C/C=C\C/C=C\C/C=C\CCCCCCCCCCCCCCC(=O)OC(COC(=O)CCCCCCC/C=C\CCCCCCCC)COP(=O)(O)OCC[N+](C)(C)C. The maximum absolute atomic E-state index is 12.8. The fourth-order valence-electron chi connectivity index (χ4n) is 7.00. The zero-order valence-corrected chi connectivity index (χ0v) is 42.9. The fraction of sp³-hybridized carbons (Fsp3) is 0.778. The van der Waals surface area contributed by atoms with Gasteiger partial charge in [0.05, 0.1) is 27.7 Å². The summed E-state index contributed by atoms with van der Waals surface area (Å²) >= 11 is 0. The van der Waals surface area contributed by atoms with Crippen LogP contribution in [0.15, 0.2) is 60.8 Å². The third-order valence-electron chi connectivity index (χ3n) is 11.0. The number of nitrogens with zero attached hydrogens (tertiary/aromatic N) is 1. The molecule has 0 aromatic rings. The summed E-state index contributed by atoms with van der Waals surface area (Å²) in [4.78, 5) is 35.5. The van der Waals surface area contributed by atoms with Gasteiger partial charge in [-0.1, -0.05) is 190 Å². The first-order valence-corrected chi connectivity index (χ1v) is 27.5. The largest absolute Gasteiger partial charge is 0.472 e. The lowest BCUT2D eigenvalue weighted by molar-refractivity contribution is -0.870. The second-order valence-electron chi connectivity index (χ2n) is 18.5. The summed E-state index contributed by atoms with van der Waals surface area (Å²) < 4.78 is 34.5. The maximum Gasteiger partial charge on any atom is 0.472 e. The van der Waals surface area contributed by atoms with Crippen LogP contribution < -0.4 is 0 Å². The molecule has 0 radical (unpaired) electrons. The van der Waals surface area contributed by atoms with Gasteiger partial charge in [0, 0.05) is 12.8 Å². The highest BCUT2D eigenvalue weighted by Gasteiger charge is 2.27. The molecule has 0 heterocycles. The minimum absolute atomic E-state index is 0.0287. The van der Waals surface area contributed by atoms with Gasteiger partial charge >= 0.3 is 19.8 Å². The molecule has 0 aliphatic heterocycles. The molecule has 0 spiro atoms. The third kappa shape index (κ3) is 49.2. The summed E-state index contributed by atoms with van der Waals surface area (Å²) in [6.07, 6.45) is 57.0. The third-order valence-corrected chi connectivity index (χ3v) is 12.0. The lowest BCUT2D eigenvalue weighted by Gasteiger charge is -2.24. The van der Waals surface area contributed by atoms with Crippen LogP contribution >= 0.6 is 7.82 Å². The molecule has 0 saturated carbocycles. The van der Waals surface area contributed by atoms with Crippen LogP contribution in [0.1, 0.15) is 219 Å². The Kier molecular flexibility index (Phi) is 44.2. The summed E-state index contributed by atoms with van der Waals surface area (Å²) in [7, 11) is 1.47. The van der Waals surface area contributed by atoms with E-state index < -0.39 is 26.5 Å². The zero-order chi connectivity index (χ0) is 47.1. The molecule has 0 rings (SSSR count). The van der Waals surface area contributed by atoms with Gasteiger partial charge in [0.25, 0.3) is 0 Å². The number of esters is 2. The van der Waals surface area contributed by atoms with Crippen molar-refractivity contribution in [3.8, 4) is 0 Å². The highest BCUT2D eigenvalue weighted by molar-refractivity contribution is 7.47. The van der Waals surface area contributed by atoms with Crippen molar-refractivity contribution in [3.05, 3.63) is 60.8 Å². The Morgan fingerprint density at radius 1 is 0.500 bits per heavy atom. The molecule has 0 bridgehead atoms. The molecular weight excluding hydrogens is 822 g/mol. The van der Waals surface area contributed by atoms with Gasteiger partial charge in [-0.2, -0.15) is 0 Å². The van der Waals surface area contributed by atoms with Crippen LogP contribution in [0.25, 0.3) is 0 Å². The van der Waals surface area contributed by atoms with Crippen LogP contribution in [0.3, 0.4) is 0 Å². The smallest absolute Gasteiger partial charge is 0.462 e. The van der Waals surface area contributed by atoms with E-state index in [4.69, 9.17) is 18.5 Å². The van der Waals surface area contributed by atoms with E-state index in [1.165, 1.54) is 103 Å². The molecule has 9 nitrogen and oxygen atoms in total. The number of carbonyl (C=O) groups is 2. The molecule has 64 heavy (non-hydrogen) atoms. The number of quaternary nitrogens is 1. The van der Waals surface area contributed by atoms with Crippen molar-refractivity contribution >= 4 is 19.8 Å². The highest BCUT2D eigenvalue weighted by Crippen LogP contribution is 2.43. The van der Waals surface area contributed by atoms with Gasteiger partial charge in [0.1, 0.15) is 19.8 Å². The minimum Gasteiger partial charge on any atom is -0.462 e. The summed E-state index contributed by atoms with van der Waals surface area (Å²) in [6.45, 7) is 4.31. The average molecular weight is 921 g/mol. The Balaban J connectivity index is 4.21. The molecule has 0 fully saturated rings. The van der Waals surface area contributed by atoms with Gasteiger partial charge < -0.3 is 18.9 Å². The van der Waals surface area contributed by atoms with E-state index in [1.54, 1.807) is 0 Å². The van der Waals surface area contributed by atoms with Crippen LogP contribution in [0.4, 0.5) is 0 Å². The maximum atomic E-state index is 12.8. The van der Waals surface area contributed by atoms with Crippen LogP contribution in [-0.4, -0.2) is 74.9 Å². The van der Waals surface area contributed by atoms with E-state index in [0.29, 0.717) is 17.4 Å². The number of phosphoric ester groups is 1. The van der Waals surface area contributed by atoms with Gasteiger partial charge in [0.2, 0.25) is 0 Å². The Labute approximate surface area is 394 Å². The molecule has 10 heteroatoms. The standard InChI is InChI=1S/C54H98NO8P/c1-6-8-10-12-14-16-18-20-22-23-24-25-26-27-28-29-30-31-33-35-37-39-41-43-45-47-54(57)63-52(51-62-64(58,59)61-49-48-55(3,4)5)50-60-53(56)46-44-42-40-38-36-34-32-21-19-17-15-13-11-9-7-2/h8,10,14,16,20-22,24-25,32,52H,6-7,9,11-13,15,17-19,23,26-31,33-51H2,1-5H3/p+1/b10-8-,16-14-,22-20-,25-24-,32-21-. The van der Waals surface area contributed by atoms with Crippen molar-refractivity contribution in [1.29, 1.82) is 0 Å². The molecular formula is C54H99NO8P+. The van der Waals surface area contributed by atoms with Gasteiger partial charge in [-0.25, -0.2) is 4.57 Å². The number of phosphoric acid groups is 1. The first-order valence-electron chi connectivity index (χ1n) is 26.0. The van der Waals surface area contributed by atoms with E-state index in [2.05, 4.69) is 74.6 Å². The van der Waals surface area contributed by atoms with Crippen molar-refractivity contribution < 1.29 is 42.1 Å². The van der Waals surface area contributed by atoms with Crippen LogP contribution in [0.5, 0.6) is 0 Å². The predicted octanol–water partition coefficient (Wildman–Crippen LogP) is 15.6. The first-order chi connectivity index (χ1) is 31.0. The van der Waals surface area contributed by atoms with Gasteiger partial charge in [-0.3, -0.25) is 18.6 Å². The van der Waals surface area contributed by atoms with Crippen molar-refractivity contribution in [2.24, 2.45) is 0 Å². The molecule has 2 unspecified atom stereocenters. The second kappa shape index (κ2) is 45.8. The van der Waals surface area contributed by atoms with E-state index in [-0.39, 0.29) is 32.0 Å². The zero-order valence-electron chi connectivity index (χ0n) is 42.0. The summed E-state index contributed by atoms with van der Waals surface area (Å²) in [5, 5.41) is 0. The van der Waals surface area contributed by atoms with Gasteiger partial charge in [0.15, 0.2) is 6.10 Å². The Morgan fingerprint density at radius 3 is 1.34 bits per heavy atom. The van der Waals surface area contributed by atoms with E-state index in [0.717, 1.165) is 83.5 Å². The topological polar surface area (TPSA) is 108 Å². The number of likely N-dealkylation sites (N-methyl/N-ethyl adjacent to an activating group) is 1. The number of ether oxygens (including phenoxy) is 2. The Hall–Kier alpha value is -2.29. The summed E-state index contributed by atoms with van der Waals surface area (Å²) in [5.74, 6) is -0.808. The second-order valence-corrected chi connectivity index (χ2v) is 20.0. The van der Waals surface area contributed by atoms with Gasteiger partial charge in [-0.15, -0.1) is 0 Å². The molecule has 0 aromatic heterocycles. The van der Waals surface area contributed by atoms with Crippen molar-refractivity contribution in [2.75, 3.05) is 47.5 Å². The quantitative estimate of drug-likeness (QED) is 0.0211. The molecule has 0 aliphatic carbocycles. The predicted molar refractivity (Wildman–Crippen MR) is 270 cm³/mol. The van der Waals surface area contributed by atoms with E-state index in [9.17, 15) is 19.0 Å². The lowest BCUT2D eigenvalue weighted by Crippen LogP contribution is -2.37. The molecule has 0 amide bonds. The number of rotatable bonds is 47. The van der Waals surface area contributed by atoms with E-state index in [1.807, 2.05) is 21.1 Å². The molecule has 2 atom stereocenters. The number of hydrogen-bond acceptors (Lipinski definition) is 7. The minimum atomic E-state index is -4.38. The molecule has 372 valence electrons. The molecule has 0 aromatic carbocycles. The van der Waals surface area contributed by atoms with Crippen LogP contribution in [0.2, 0.25) is 0 Å². The highest BCUT2D eigenvalue weighted by atomic mass is 31.2. The number of allylic oxidation sites excluding steroid dienone is 10. The fourth-order valence-corrected chi connectivity index (χ4v) is 7.74. The summed E-state index contributed by atoms with van der Waals surface area (Å²) in [6, 6.07) is 0. The molecule has 1 N–H and O–H groups in total. The summed E-state index contributed by atoms with van der Waals surface area (Å²) in [5.41, 5.74) is 0. The van der Waals surface area contributed by atoms with Crippen LogP contribution in [-0.2, 0) is 32.7 Å². The molecule has 0 aliphatic rings. The van der Waals surface area contributed by atoms with Crippen molar-refractivity contribution in [3.63, 3.8) is 0 Å². The van der Waals surface area contributed by atoms with Gasteiger partial charge in [-0.05, 0) is 77.0 Å². The normalized spacial score (nSPS) is 13.9. The lowest BCUT2D eigenvalue weighted by atomic mass is 10.0. The number of unbranched alkanes of at least 4 members (excludes halogenated alkanes) is 23. The van der Waals surface area contributed by atoms with E-state index >= 15 is 0 Å². The number of carbonyl (C=O) groups excluding carboxylic acids is 2. The molecule has 0 saturated heterocycles. The van der Waals surface area contributed by atoms with Crippen molar-refractivity contribution in [1.82, 2.24) is 0 Å². The Morgan fingerprint density at radius 2 is 0.891 bits per heavy atom. The number of hydrogen-bond donors (Lipinski definition) is 1. The first kappa shape index (κ1) is 61.7. The van der Waals surface area contributed by atoms with Crippen molar-refractivity contribution in [2.45, 2.75) is 225 Å². The monoisotopic (exact) mass is 921 g/mol. The average Bonchev–Trinajstić information content (AvgIpc) is 3.25. The van der Waals surface area contributed by atoms with Crippen LogP contribution in [0, 0.1) is 0 Å². The Bertz CT molecular complexity index is 1270.